The molecule has 2 N–H and O–H groups in total. The summed E-state index contributed by atoms with van der Waals surface area (Å²) in [6.07, 6.45) is 0.670. The molecule has 0 radical (unpaired) electrons. The minimum absolute atomic E-state index is 0.129. The van der Waals surface area contributed by atoms with Crippen molar-refractivity contribution in [2.24, 2.45) is 0 Å². The lowest BCUT2D eigenvalue weighted by Crippen LogP contribution is -2.44. The lowest BCUT2D eigenvalue weighted by atomic mass is 10.2. The summed E-state index contributed by atoms with van der Waals surface area (Å²) < 4.78 is 11.9. The van der Waals surface area contributed by atoms with E-state index in [1.54, 1.807) is 13.8 Å². The maximum Gasteiger partial charge on any atom is 0.330 e. The topological polar surface area (TPSA) is 93.6 Å². The Morgan fingerprint density at radius 1 is 1.65 bits per heavy atom. The Balaban J connectivity index is 2.44. The van der Waals surface area contributed by atoms with E-state index in [2.05, 4.69) is 4.98 Å². The summed E-state index contributed by atoms with van der Waals surface area (Å²) >= 11 is 0. The van der Waals surface area contributed by atoms with E-state index >= 15 is 0 Å². The molecule has 1 fully saturated rings. The molecule has 0 amide bonds. The Morgan fingerprint density at radius 3 is 2.94 bits per heavy atom. The fourth-order valence-electron chi connectivity index (χ4n) is 1.73. The van der Waals surface area contributed by atoms with Crippen LogP contribution < -0.4 is 11.2 Å². The van der Waals surface area contributed by atoms with Gasteiger partial charge in [-0.05, 0) is 13.8 Å². The number of aliphatic hydroxyl groups is 1. The van der Waals surface area contributed by atoms with Gasteiger partial charge in [-0.1, -0.05) is 0 Å². The lowest BCUT2D eigenvalue weighted by Gasteiger charge is -2.24. The minimum atomic E-state index is -1.01. The zero-order valence-corrected chi connectivity index (χ0v) is 9.60. The van der Waals surface area contributed by atoms with Gasteiger partial charge < -0.3 is 14.6 Å². The van der Waals surface area contributed by atoms with Crippen molar-refractivity contribution in [1.82, 2.24) is 9.55 Å². The largest absolute Gasteiger partial charge is 0.391 e. The molecule has 0 spiro atoms. The van der Waals surface area contributed by atoms with Crippen molar-refractivity contribution in [3.8, 4) is 0 Å². The number of H-pyrrole nitrogens is 1. The van der Waals surface area contributed by atoms with Crippen molar-refractivity contribution in [3.05, 3.63) is 32.6 Å². The van der Waals surface area contributed by atoms with Crippen LogP contribution in [-0.2, 0) is 15.2 Å². The second-order valence-corrected chi connectivity index (χ2v) is 4.16. The Hall–Kier alpha value is -1.44. The SMILES string of the molecule is Cc1cn(C2(C)CO[C@@H](CO)O2)c(=O)[nH]c1=O. The lowest BCUT2D eigenvalue weighted by molar-refractivity contribution is -0.134. The number of aromatic amines is 1. The third-order valence-electron chi connectivity index (χ3n) is 2.70. The van der Waals surface area contributed by atoms with Crippen molar-refractivity contribution in [1.29, 1.82) is 0 Å². The summed E-state index contributed by atoms with van der Waals surface area (Å²) in [6, 6.07) is 0. The van der Waals surface area contributed by atoms with Crippen LogP contribution in [0, 0.1) is 6.92 Å². The number of ether oxygens (including phenoxy) is 2. The van der Waals surface area contributed by atoms with E-state index in [1.165, 1.54) is 10.8 Å². The highest BCUT2D eigenvalue weighted by molar-refractivity contribution is 5.03. The van der Waals surface area contributed by atoms with Gasteiger partial charge >= 0.3 is 5.69 Å². The van der Waals surface area contributed by atoms with Crippen LogP contribution in [0.1, 0.15) is 12.5 Å². The van der Waals surface area contributed by atoms with Gasteiger partial charge in [0.05, 0.1) is 13.2 Å². The number of hydrogen-bond acceptors (Lipinski definition) is 5. The summed E-state index contributed by atoms with van der Waals surface area (Å²) in [5, 5.41) is 8.92. The molecule has 1 unspecified atom stereocenters. The quantitative estimate of drug-likeness (QED) is 0.685. The highest BCUT2D eigenvalue weighted by atomic mass is 16.7. The Kier molecular flexibility index (Phi) is 2.90. The Morgan fingerprint density at radius 2 is 2.35 bits per heavy atom. The van der Waals surface area contributed by atoms with Gasteiger partial charge in [-0.15, -0.1) is 0 Å². The number of aliphatic hydroxyl groups excluding tert-OH is 1. The van der Waals surface area contributed by atoms with Gasteiger partial charge in [0.2, 0.25) is 0 Å². The first-order valence-corrected chi connectivity index (χ1v) is 5.19. The van der Waals surface area contributed by atoms with Crippen molar-refractivity contribution in [2.45, 2.75) is 25.9 Å². The molecule has 94 valence electrons. The third kappa shape index (κ3) is 2.04. The van der Waals surface area contributed by atoms with Crippen LogP contribution in [-0.4, -0.2) is 34.2 Å². The van der Waals surface area contributed by atoms with Crippen LogP contribution in [0.5, 0.6) is 0 Å². The highest BCUT2D eigenvalue weighted by Crippen LogP contribution is 2.26. The second kappa shape index (κ2) is 4.10. The van der Waals surface area contributed by atoms with E-state index in [1.807, 2.05) is 0 Å². The molecule has 1 aliphatic heterocycles. The van der Waals surface area contributed by atoms with Crippen molar-refractivity contribution in [2.75, 3.05) is 13.2 Å². The van der Waals surface area contributed by atoms with Gasteiger partial charge in [-0.2, -0.15) is 0 Å². The average molecular weight is 242 g/mol. The minimum Gasteiger partial charge on any atom is -0.391 e. The molecule has 17 heavy (non-hydrogen) atoms. The summed E-state index contributed by atoms with van der Waals surface area (Å²) in [5.74, 6) is 0. The predicted molar refractivity (Wildman–Crippen MR) is 57.6 cm³/mol. The van der Waals surface area contributed by atoms with Gasteiger partial charge in [-0.3, -0.25) is 14.3 Å². The number of hydrogen-bond donors (Lipinski definition) is 2. The number of nitrogens with zero attached hydrogens (tertiary/aromatic N) is 1. The molecule has 1 aliphatic rings. The van der Waals surface area contributed by atoms with Crippen LogP contribution in [0.15, 0.2) is 15.8 Å². The van der Waals surface area contributed by atoms with Crippen molar-refractivity contribution < 1.29 is 14.6 Å². The van der Waals surface area contributed by atoms with Crippen LogP contribution in [0.2, 0.25) is 0 Å². The monoisotopic (exact) mass is 242 g/mol. The summed E-state index contributed by atoms with van der Waals surface area (Å²) in [4.78, 5) is 25.1. The normalized spacial score (nSPS) is 28.5. The van der Waals surface area contributed by atoms with E-state index in [4.69, 9.17) is 14.6 Å². The third-order valence-corrected chi connectivity index (χ3v) is 2.70. The molecule has 2 heterocycles. The first kappa shape index (κ1) is 12.0. The van der Waals surface area contributed by atoms with Crippen LogP contribution in [0.4, 0.5) is 0 Å². The van der Waals surface area contributed by atoms with Gasteiger partial charge in [0, 0.05) is 11.8 Å². The van der Waals surface area contributed by atoms with Crippen molar-refractivity contribution >= 4 is 0 Å². The number of nitrogens with one attached hydrogen (secondary N) is 1. The first-order valence-electron chi connectivity index (χ1n) is 5.19. The molecule has 7 nitrogen and oxygen atoms in total. The molecule has 2 atom stereocenters. The number of rotatable bonds is 2. The molecule has 0 bridgehead atoms. The maximum atomic E-state index is 11.7. The number of aryl methyl sites for hydroxylation is 1. The Bertz CT molecular complexity index is 534. The molecule has 1 aromatic rings. The molecule has 0 aliphatic carbocycles. The van der Waals surface area contributed by atoms with Gasteiger partial charge in [0.25, 0.3) is 5.56 Å². The molecular weight excluding hydrogens is 228 g/mol. The molecule has 1 aromatic heterocycles. The van der Waals surface area contributed by atoms with Crippen molar-refractivity contribution in [3.63, 3.8) is 0 Å². The fraction of sp³-hybridized carbons (Fsp3) is 0.600. The average Bonchev–Trinajstić information content (AvgIpc) is 2.66. The molecule has 2 rings (SSSR count). The van der Waals surface area contributed by atoms with E-state index in [0.717, 1.165) is 0 Å². The molecular formula is C10H14N2O5. The summed E-state index contributed by atoms with van der Waals surface area (Å²) in [7, 11) is 0. The maximum absolute atomic E-state index is 11.7. The second-order valence-electron chi connectivity index (χ2n) is 4.16. The zero-order valence-electron chi connectivity index (χ0n) is 9.60. The summed E-state index contributed by atoms with van der Waals surface area (Å²) in [5.41, 5.74) is -1.60. The van der Waals surface area contributed by atoms with Crippen LogP contribution in [0.25, 0.3) is 0 Å². The Labute approximate surface area is 96.6 Å². The van der Waals surface area contributed by atoms with Gasteiger partial charge in [0.1, 0.15) is 0 Å². The highest BCUT2D eigenvalue weighted by Gasteiger charge is 2.39. The fourth-order valence-corrected chi connectivity index (χ4v) is 1.73. The predicted octanol–water partition coefficient (Wildman–Crippen LogP) is -1.12. The van der Waals surface area contributed by atoms with E-state index in [0.29, 0.717) is 5.56 Å². The molecule has 0 saturated carbocycles. The molecule has 7 heteroatoms. The van der Waals surface area contributed by atoms with E-state index < -0.39 is 23.3 Å². The summed E-state index contributed by atoms with van der Waals surface area (Å²) in [6.45, 7) is 3.09. The van der Waals surface area contributed by atoms with E-state index in [9.17, 15) is 9.59 Å². The number of aromatic nitrogens is 2. The van der Waals surface area contributed by atoms with Crippen LogP contribution in [0.3, 0.4) is 0 Å². The first-order chi connectivity index (χ1) is 7.96. The molecule has 0 aromatic carbocycles. The molecule has 1 saturated heterocycles. The standard InChI is InChI=1S/C10H14N2O5/c1-6-3-12(9(15)11-8(6)14)10(2)5-16-7(4-13)17-10/h3,7,13H,4-5H2,1-2H3,(H,11,14,15)/t7-,10?/m1/s1. The van der Waals surface area contributed by atoms with Crippen LogP contribution >= 0.6 is 0 Å². The van der Waals surface area contributed by atoms with Gasteiger partial charge in [-0.25, -0.2) is 4.79 Å². The van der Waals surface area contributed by atoms with E-state index in [-0.39, 0.29) is 13.2 Å². The van der Waals surface area contributed by atoms with Gasteiger partial charge in [0.15, 0.2) is 12.0 Å². The smallest absolute Gasteiger partial charge is 0.330 e. The zero-order chi connectivity index (χ0) is 12.6.